The van der Waals surface area contributed by atoms with Crippen molar-refractivity contribution in [1.82, 2.24) is 25.3 Å². The predicted molar refractivity (Wildman–Crippen MR) is 237 cm³/mol. The van der Waals surface area contributed by atoms with Crippen molar-refractivity contribution < 1.29 is 9.53 Å². The summed E-state index contributed by atoms with van der Waals surface area (Å²) in [4.78, 5) is 19.3. The highest BCUT2D eigenvalue weighted by Crippen LogP contribution is 2.13. The number of ether oxygens (including phenoxy) is 1. The molecule has 0 amide bonds. The quantitative estimate of drug-likeness (QED) is 0.0474. The average Bonchev–Trinajstić information content (AvgIpc) is 3.19. The van der Waals surface area contributed by atoms with Crippen molar-refractivity contribution in [3.05, 3.63) is 0 Å². The Labute approximate surface area is 338 Å². The fourth-order valence-corrected chi connectivity index (χ4v) is 8.00. The zero-order chi connectivity index (χ0) is 38.8. The maximum Gasteiger partial charge on any atom is 0.305 e. The number of carbonyl (C=O) groups is 1. The van der Waals surface area contributed by atoms with Crippen molar-refractivity contribution in [2.75, 3.05) is 92.2 Å². The van der Waals surface area contributed by atoms with Crippen molar-refractivity contribution >= 4 is 5.97 Å². The number of methoxy groups -OCH3 is 1. The Hall–Kier alpha value is -0.730. The zero-order valence-electron chi connectivity index (χ0n) is 37.1. The molecule has 0 unspecified atom stereocenters. The van der Waals surface area contributed by atoms with E-state index in [4.69, 9.17) is 4.74 Å². The number of hydrogen-bond donors (Lipinski definition) is 2. The van der Waals surface area contributed by atoms with Gasteiger partial charge in [0.05, 0.1) is 7.11 Å². The first kappa shape index (κ1) is 51.3. The van der Waals surface area contributed by atoms with Gasteiger partial charge in [-0.15, -0.1) is 0 Å². The molecule has 1 rings (SSSR count). The van der Waals surface area contributed by atoms with Crippen LogP contribution in [-0.2, 0) is 9.53 Å². The molecule has 2 N–H and O–H groups in total. The summed E-state index contributed by atoms with van der Waals surface area (Å²) in [6.45, 7) is 20.3. The molecule has 1 aliphatic heterocycles. The van der Waals surface area contributed by atoms with Crippen LogP contribution < -0.4 is 10.6 Å². The summed E-state index contributed by atoms with van der Waals surface area (Å²) in [5.41, 5.74) is 0. The molecular formula is C47H97N5O2. The molecule has 7 heteroatoms. The minimum atomic E-state index is -0.0680. The van der Waals surface area contributed by atoms with E-state index < -0.39 is 0 Å². The SMILES string of the molecule is CCCCCCCCCCCCNCCN(CCCCCCCCCCCC)CCN1CCN(CCNCCCCCCCCCCCC(=O)OC)CC1. The van der Waals surface area contributed by atoms with E-state index in [1.165, 1.54) is 246 Å². The van der Waals surface area contributed by atoms with Gasteiger partial charge in [0.1, 0.15) is 0 Å². The van der Waals surface area contributed by atoms with E-state index >= 15 is 0 Å². The van der Waals surface area contributed by atoms with Crippen molar-refractivity contribution in [2.45, 2.75) is 206 Å². The molecule has 0 aliphatic carbocycles. The van der Waals surface area contributed by atoms with Crippen molar-refractivity contribution in [1.29, 1.82) is 0 Å². The van der Waals surface area contributed by atoms with Crippen LogP contribution in [0.4, 0.5) is 0 Å². The first-order valence-corrected chi connectivity index (χ1v) is 24.3. The highest BCUT2D eigenvalue weighted by atomic mass is 16.5. The van der Waals surface area contributed by atoms with Gasteiger partial charge in [-0.3, -0.25) is 14.6 Å². The fraction of sp³-hybridized carbons (Fsp3) is 0.979. The second kappa shape index (κ2) is 41.9. The van der Waals surface area contributed by atoms with Gasteiger partial charge in [0.25, 0.3) is 0 Å². The van der Waals surface area contributed by atoms with Gasteiger partial charge in [-0.05, 0) is 45.3 Å². The molecule has 0 saturated carbocycles. The third-order valence-corrected chi connectivity index (χ3v) is 11.9. The average molecular weight is 764 g/mol. The Bertz CT molecular complexity index is 748. The molecule has 7 nitrogen and oxygen atoms in total. The van der Waals surface area contributed by atoms with Crippen LogP contribution >= 0.6 is 0 Å². The van der Waals surface area contributed by atoms with Crippen LogP contribution in [0.3, 0.4) is 0 Å². The lowest BCUT2D eigenvalue weighted by Gasteiger charge is -2.36. The molecule has 54 heavy (non-hydrogen) atoms. The number of esters is 1. The van der Waals surface area contributed by atoms with Gasteiger partial charge in [-0.2, -0.15) is 0 Å². The monoisotopic (exact) mass is 764 g/mol. The van der Waals surface area contributed by atoms with E-state index in [0.29, 0.717) is 6.42 Å². The summed E-state index contributed by atoms with van der Waals surface area (Å²) in [5, 5.41) is 7.51. The van der Waals surface area contributed by atoms with Gasteiger partial charge < -0.3 is 20.3 Å². The Morgan fingerprint density at radius 1 is 0.444 bits per heavy atom. The van der Waals surface area contributed by atoms with Crippen LogP contribution in [0.5, 0.6) is 0 Å². The lowest BCUT2D eigenvalue weighted by atomic mass is 10.1. The smallest absolute Gasteiger partial charge is 0.305 e. The standard InChI is InChI=1S/C47H97N5O2/c1-4-6-8-10-12-14-18-22-26-30-34-48-36-39-50(38-32-28-24-20-15-13-11-9-7-5-2)41-44-52-45-42-51(43-46-52)40-37-49-35-31-27-23-19-16-17-21-25-29-33-47(53)54-3/h48-49H,4-46H2,1-3H3. The van der Waals surface area contributed by atoms with Gasteiger partial charge >= 0.3 is 5.97 Å². The largest absolute Gasteiger partial charge is 0.469 e. The van der Waals surface area contributed by atoms with Crippen molar-refractivity contribution in [3.8, 4) is 0 Å². The summed E-state index contributed by atoms with van der Waals surface area (Å²) in [6, 6.07) is 0. The van der Waals surface area contributed by atoms with E-state index in [0.717, 1.165) is 32.5 Å². The third kappa shape index (κ3) is 35.7. The number of hydrogen-bond acceptors (Lipinski definition) is 7. The number of nitrogens with zero attached hydrogens (tertiary/aromatic N) is 3. The molecule has 322 valence electrons. The molecule has 1 fully saturated rings. The Morgan fingerprint density at radius 3 is 1.30 bits per heavy atom. The molecule has 0 aromatic carbocycles. The third-order valence-electron chi connectivity index (χ3n) is 11.9. The van der Waals surface area contributed by atoms with E-state index in [1.807, 2.05) is 0 Å². The minimum absolute atomic E-state index is 0.0680. The summed E-state index contributed by atoms with van der Waals surface area (Å²) in [5.74, 6) is -0.0680. The van der Waals surface area contributed by atoms with Gasteiger partial charge in [0.15, 0.2) is 0 Å². The first-order chi connectivity index (χ1) is 26.7. The lowest BCUT2D eigenvalue weighted by molar-refractivity contribution is -0.140. The van der Waals surface area contributed by atoms with Crippen LogP contribution in [-0.4, -0.2) is 113 Å². The fourth-order valence-electron chi connectivity index (χ4n) is 8.00. The topological polar surface area (TPSA) is 60.1 Å². The van der Waals surface area contributed by atoms with Gasteiger partial charge in [-0.1, -0.05) is 174 Å². The van der Waals surface area contributed by atoms with E-state index in [2.05, 4.69) is 39.2 Å². The molecule has 0 aromatic heterocycles. The maximum atomic E-state index is 11.2. The normalized spacial score (nSPS) is 14.1. The van der Waals surface area contributed by atoms with Crippen LogP contribution in [0.25, 0.3) is 0 Å². The Morgan fingerprint density at radius 2 is 0.833 bits per heavy atom. The molecule has 0 atom stereocenters. The summed E-state index contributed by atoms with van der Waals surface area (Å²) >= 11 is 0. The molecule has 1 heterocycles. The van der Waals surface area contributed by atoms with Crippen LogP contribution in [0.15, 0.2) is 0 Å². The number of nitrogens with one attached hydrogen (secondary N) is 2. The lowest BCUT2D eigenvalue weighted by Crippen LogP contribution is -2.50. The molecular weight excluding hydrogens is 667 g/mol. The number of unbranched alkanes of at least 4 members (excludes halogenated alkanes) is 26. The van der Waals surface area contributed by atoms with Crippen molar-refractivity contribution in [2.24, 2.45) is 0 Å². The second-order valence-corrected chi connectivity index (χ2v) is 16.9. The highest BCUT2D eigenvalue weighted by molar-refractivity contribution is 5.68. The molecule has 1 saturated heterocycles. The second-order valence-electron chi connectivity index (χ2n) is 16.9. The zero-order valence-corrected chi connectivity index (χ0v) is 37.1. The first-order valence-electron chi connectivity index (χ1n) is 24.3. The number of rotatable bonds is 43. The molecule has 0 bridgehead atoms. The Balaban J connectivity index is 2.12. The van der Waals surface area contributed by atoms with Crippen LogP contribution in [0.2, 0.25) is 0 Å². The van der Waals surface area contributed by atoms with Crippen molar-refractivity contribution in [3.63, 3.8) is 0 Å². The summed E-state index contributed by atoms with van der Waals surface area (Å²) in [7, 11) is 1.48. The Kier molecular flexibility index (Phi) is 39.8. The van der Waals surface area contributed by atoms with Crippen LogP contribution in [0, 0.1) is 0 Å². The van der Waals surface area contributed by atoms with Gasteiger partial charge in [0.2, 0.25) is 0 Å². The number of carbonyl (C=O) groups excluding carboxylic acids is 1. The summed E-state index contributed by atoms with van der Waals surface area (Å²) < 4.78 is 4.71. The van der Waals surface area contributed by atoms with E-state index in [9.17, 15) is 4.79 Å². The molecule has 0 radical (unpaired) electrons. The molecule has 0 spiro atoms. The van der Waals surface area contributed by atoms with Crippen LogP contribution in [0.1, 0.15) is 206 Å². The van der Waals surface area contributed by atoms with Gasteiger partial charge in [-0.25, -0.2) is 0 Å². The molecule has 0 aromatic rings. The predicted octanol–water partition coefficient (Wildman–Crippen LogP) is 11.0. The maximum absolute atomic E-state index is 11.2. The van der Waals surface area contributed by atoms with E-state index in [1.54, 1.807) is 0 Å². The van der Waals surface area contributed by atoms with E-state index in [-0.39, 0.29) is 5.97 Å². The van der Waals surface area contributed by atoms with Gasteiger partial charge in [0, 0.05) is 71.9 Å². The summed E-state index contributed by atoms with van der Waals surface area (Å²) in [6.07, 6.45) is 40.4. The minimum Gasteiger partial charge on any atom is -0.469 e. The highest BCUT2D eigenvalue weighted by Gasteiger charge is 2.17. The number of piperazine rings is 1. The molecule has 1 aliphatic rings.